The van der Waals surface area contributed by atoms with Gasteiger partial charge in [0.25, 0.3) is 0 Å². The lowest BCUT2D eigenvalue weighted by molar-refractivity contribution is -0.138. The van der Waals surface area contributed by atoms with Gasteiger partial charge in [0.1, 0.15) is 11.3 Å². The molecule has 1 N–H and O–H groups in total. The van der Waals surface area contributed by atoms with Crippen LogP contribution in [0, 0.1) is 6.92 Å². The van der Waals surface area contributed by atoms with Crippen LogP contribution < -0.4 is 5.43 Å². The number of carboxylic acids is 1. The van der Waals surface area contributed by atoms with Crippen LogP contribution in [0.5, 0.6) is 0 Å². The summed E-state index contributed by atoms with van der Waals surface area (Å²) in [5.41, 5.74) is 2.19. The second-order valence-corrected chi connectivity index (χ2v) is 6.45. The molecule has 0 bridgehead atoms. The third kappa shape index (κ3) is 3.30. The van der Waals surface area contributed by atoms with E-state index in [1.165, 1.54) is 6.07 Å². The molecule has 0 aliphatic heterocycles. The van der Waals surface area contributed by atoms with Gasteiger partial charge in [0, 0.05) is 22.2 Å². The van der Waals surface area contributed by atoms with E-state index in [1.807, 2.05) is 6.92 Å². The fourth-order valence-electron chi connectivity index (χ4n) is 2.98. The largest absolute Gasteiger partial charge is 0.481 e. The molecule has 0 radical (unpaired) electrons. The number of hydrogen-bond donors (Lipinski definition) is 1. The van der Waals surface area contributed by atoms with Crippen LogP contribution in [0.4, 0.5) is 0 Å². The molecular formula is C20H17ClO4. The van der Waals surface area contributed by atoms with Crippen molar-refractivity contribution in [1.82, 2.24) is 0 Å². The van der Waals surface area contributed by atoms with Crippen LogP contribution in [-0.2, 0) is 4.79 Å². The lowest BCUT2D eigenvalue weighted by atomic mass is 9.93. The summed E-state index contributed by atoms with van der Waals surface area (Å²) in [4.78, 5) is 24.2. The molecule has 0 spiro atoms. The van der Waals surface area contributed by atoms with Gasteiger partial charge in [0.05, 0.1) is 11.3 Å². The second-order valence-electron chi connectivity index (χ2n) is 6.01. The van der Waals surface area contributed by atoms with Crippen molar-refractivity contribution in [2.45, 2.75) is 26.2 Å². The minimum absolute atomic E-state index is 0.198. The van der Waals surface area contributed by atoms with Crippen LogP contribution in [0.2, 0.25) is 5.02 Å². The van der Waals surface area contributed by atoms with Crippen molar-refractivity contribution in [3.05, 3.63) is 68.8 Å². The van der Waals surface area contributed by atoms with Crippen LogP contribution in [0.1, 0.15) is 30.4 Å². The molecule has 4 nitrogen and oxygen atoms in total. The number of rotatable bonds is 4. The first-order valence-corrected chi connectivity index (χ1v) is 8.35. The molecule has 3 aromatic rings. The van der Waals surface area contributed by atoms with Gasteiger partial charge in [-0.2, -0.15) is 0 Å². The average Bonchev–Trinajstić information content (AvgIpc) is 2.56. The van der Waals surface area contributed by atoms with E-state index >= 15 is 0 Å². The summed E-state index contributed by atoms with van der Waals surface area (Å²) < 4.78 is 5.98. The Morgan fingerprint density at radius 2 is 1.88 bits per heavy atom. The topological polar surface area (TPSA) is 67.5 Å². The van der Waals surface area contributed by atoms with E-state index in [0.717, 1.165) is 5.56 Å². The predicted octanol–water partition coefficient (Wildman–Crippen LogP) is 5.00. The summed E-state index contributed by atoms with van der Waals surface area (Å²) in [7, 11) is 0. The van der Waals surface area contributed by atoms with Crippen molar-refractivity contribution in [2.75, 3.05) is 0 Å². The van der Waals surface area contributed by atoms with Crippen LogP contribution in [-0.4, -0.2) is 11.1 Å². The Hall–Kier alpha value is -2.59. The molecule has 1 aromatic heterocycles. The Morgan fingerprint density at radius 1 is 1.20 bits per heavy atom. The molecule has 0 saturated carbocycles. The van der Waals surface area contributed by atoms with E-state index in [2.05, 4.69) is 0 Å². The first kappa shape index (κ1) is 17.2. The zero-order valence-electron chi connectivity index (χ0n) is 13.9. The maximum Gasteiger partial charge on any atom is 0.311 e. The SMILES string of the molecule is CCC(C(=O)O)c1cc(C)cc2c(=O)cc(-c3ccc(Cl)cc3)oc12. The highest BCUT2D eigenvalue weighted by Crippen LogP contribution is 2.31. The summed E-state index contributed by atoms with van der Waals surface area (Å²) in [6.07, 6.45) is 0.406. The summed E-state index contributed by atoms with van der Waals surface area (Å²) >= 11 is 5.91. The molecule has 0 aliphatic carbocycles. The Balaban J connectivity index is 2.31. The highest BCUT2D eigenvalue weighted by atomic mass is 35.5. The van der Waals surface area contributed by atoms with Crippen molar-refractivity contribution >= 4 is 28.5 Å². The summed E-state index contributed by atoms with van der Waals surface area (Å²) in [5, 5.41) is 10.5. The number of halogens is 1. The zero-order chi connectivity index (χ0) is 18.1. The van der Waals surface area contributed by atoms with Gasteiger partial charge in [0.2, 0.25) is 0 Å². The van der Waals surface area contributed by atoms with E-state index in [1.54, 1.807) is 43.3 Å². The molecule has 2 aromatic carbocycles. The van der Waals surface area contributed by atoms with Gasteiger partial charge in [-0.3, -0.25) is 9.59 Å². The summed E-state index contributed by atoms with van der Waals surface area (Å²) in [6.45, 7) is 3.64. The van der Waals surface area contributed by atoms with Crippen LogP contribution in [0.3, 0.4) is 0 Å². The molecule has 1 atom stereocenters. The van der Waals surface area contributed by atoms with E-state index in [4.69, 9.17) is 16.0 Å². The zero-order valence-corrected chi connectivity index (χ0v) is 14.6. The summed E-state index contributed by atoms with van der Waals surface area (Å²) in [5.74, 6) is -1.28. The first-order valence-electron chi connectivity index (χ1n) is 7.98. The monoisotopic (exact) mass is 356 g/mol. The number of carboxylic acid groups (broad SMARTS) is 1. The average molecular weight is 357 g/mol. The molecule has 128 valence electrons. The molecule has 3 rings (SSSR count). The van der Waals surface area contributed by atoms with Gasteiger partial charge in [-0.05, 0) is 49.2 Å². The maximum absolute atomic E-state index is 12.6. The molecule has 0 aliphatic rings. The lowest BCUT2D eigenvalue weighted by Gasteiger charge is -2.14. The quantitative estimate of drug-likeness (QED) is 0.714. The lowest BCUT2D eigenvalue weighted by Crippen LogP contribution is -2.13. The van der Waals surface area contributed by atoms with Gasteiger partial charge >= 0.3 is 5.97 Å². The van der Waals surface area contributed by atoms with Crippen LogP contribution in [0.15, 0.2) is 51.7 Å². The van der Waals surface area contributed by atoms with E-state index < -0.39 is 11.9 Å². The summed E-state index contributed by atoms with van der Waals surface area (Å²) in [6, 6.07) is 11.9. The number of benzene rings is 2. The highest BCUT2D eigenvalue weighted by Gasteiger charge is 2.23. The number of aryl methyl sites for hydroxylation is 1. The molecule has 1 heterocycles. The number of fused-ring (bicyclic) bond motifs is 1. The second kappa shape index (κ2) is 6.73. The van der Waals surface area contributed by atoms with Crippen molar-refractivity contribution in [3.63, 3.8) is 0 Å². The van der Waals surface area contributed by atoms with Gasteiger partial charge in [-0.25, -0.2) is 0 Å². The standard InChI is InChI=1S/C20H17ClO4/c1-3-14(20(23)24)15-8-11(2)9-16-17(22)10-18(25-19(15)16)12-4-6-13(21)7-5-12/h4-10,14H,3H2,1-2H3,(H,23,24). The Morgan fingerprint density at radius 3 is 2.48 bits per heavy atom. The van der Waals surface area contributed by atoms with Crippen molar-refractivity contribution in [1.29, 1.82) is 0 Å². The minimum Gasteiger partial charge on any atom is -0.481 e. The highest BCUT2D eigenvalue weighted by molar-refractivity contribution is 6.30. The Labute approximate surface area is 149 Å². The van der Waals surface area contributed by atoms with Crippen molar-refractivity contribution < 1.29 is 14.3 Å². The van der Waals surface area contributed by atoms with E-state index in [0.29, 0.717) is 39.3 Å². The van der Waals surface area contributed by atoms with Gasteiger partial charge < -0.3 is 9.52 Å². The number of aliphatic carboxylic acids is 1. The van der Waals surface area contributed by atoms with E-state index in [9.17, 15) is 14.7 Å². The maximum atomic E-state index is 12.6. The molecular weight excluding hydrogens is 340 g/mol. The molecule has 1 unspecified atom stereocenters. The minimum atomic E-state index is -0.936. The van der Waals surface area contributed by atoms with Gasteiger partial charge in [-0.1, -0.05) is 24.6 Å². The molecule has 0 amide bonds. The van der Waals surface area contributed by atoms with Crippen LogP contribution >= 0.6 is 11.6 Å². The smallest absolute Gasteiger partial charge is 0.311 e. The molecule has 0 fully saturated rings. The normalized spacial score (nSPS) is 12.3. The number of carbonyl (C=O) groups is 1. The fourth-order valence-corrected chi connectivity index (χ4v) is 3.10. The van der Waals surface area contributed by atoms with Crippen molar-refractivity contribution in [3.8, 4) is 11.3 Å². The third-order valence-corrected chi connectivity index (χ3v) is 4.46. The van der Waals surface area contributed by atoms with Gasteiger partial charge in [0.15, 0.2) is 5.43 Å². The third-order valence-electron chi connectivity index (χ3n) is 4.21. The van der Waals surface area contributed by atoms with Crippen molar-refractivity contribution in [2.24, 2.45) is 0 Å². The predicted molar refractivity (Wildman–Crippen MR) is 98.3 cm³/mol. The van der Waals surface area contributed by atoms with Gasteiger partial charge in [-0.15, -0.1) is 0 Å². The fraction of sp³-hybridized carbons (Fsp3) is 0.200. The van der Waals surface area contributed by atoms with E-state index in [-0.39, 0.29) is 5.43 Å². The molecule has 5 heteroatoms. The molecule has 0 saturated heterocycles. The van der Waals surface area contributed by atoms with Crippen LogP contribution in [0.25, 0.3) is 22.3 Å². The first-order chi connectivity index (χ1) is 11.9. The molecule has 25 heavy (non-hydrogen) atoms. The Kier molecular flexibility index (Phi) is 4.64. The number of hydrogen-bond acceptors (Lipinski definition) is 3. The Bertz CT molecular complexity index is 1000.